The summed E-state index contributed by atoms with van der Waals surface area (Å²) in [6.07, 6.45) is -3.82. The van der Waals surface area contributed by atoms with Crippen molar-refractivity contribution < 1.29 is 26.3 Å². The van der Waals surface area contributed by atoms with E-state index >= 15 is 0 Å². The molecule has 2 aromatic rings. The Morgan fingerprint density at radius 2 is 1.50 bits per heavy atom. The lowest BCUT2D eigenvalue weighted by atomic mass is 9.71. The molecular formula is C25H27F6N. The van der Waals surface area contributed by atoms with Crippen LogP contribution in [0.25, 0.3) is 0 Å². The first kappa shape index (κ1) is 24.4. The van der Waals surface area contributed by atoms with Crippen LogP contribution in [0.15, 0.2) is 60.2 Å². The van der Waals surface area contributed by atoms with Gasteiger partial charge in [0.25, 0.3) is 0 Å². The molecule has 0 bridgehead atoms. The molecule has 32 heavy (non-hydrogen) atoms. The fourth-order valence-corrected chi connectivity index (χ4v) is 4.72. The lowest BCUT2D eigenvalue weighted by Gasteiger charge is -2.45. The Bertz CT molecular complexity index is 943. The Morgan fingerprint density at radius 1 is 0.812 bits per heavy atom. The molecule has 0 fully saturated rings. The zero-order chi connectivity index (χ0) is 23.6. The van der Waals surface area contributed by atoms with Gasteiger partial charge >= 0.3 is 12.4 Å². The van der Waals surface area contributed by atoms with Crippen molar-refractivity contribution in [2.45, 2.75) is 56.4 Å². The predicted octanol–water partition coefficient (Wildman–Crippen LogP) is 7.61. The van der Waals surface area contributed by atoms with Crippen molar-refractivity contribution in [2.75, 3.05) is 14.1 Å². The maximum atomic E-state index is 14.1. The number of allylic oxidation sites excluding steroid dienone is 1. The second-order valence-corrected chi connectivity index (χ2v) is 8.47. The molecule has 2 aromatic carbocycles. The van der Waals surface area contributed by atoms with Crippen molar-refractivity contribution in [3.05, 3.63) is 82.4 Å². The molecule has 0 saturated heterocycles. The normalized spacial score (nSPS) is 17.2. The van der Waals surface area contributed by atoms with Crippen LogP contribution in [0.3, 0.4) is 0 Å². The van der Waals surface area contributed by atoms with Gasteiger partial charge in [-0.15, -0.1) is 0 Å². The predicted molar refractivity (Wildman–Crippen MR) is 113 cm³/mol. The maximum Gasteiger partial charge on any atom is 0.416 e. The Balaban J connectivity index is 2.23. The molecule has 1 nitrogen and oxygen atoms in total. The van der Waals surface area contributed by atoms with Crippen LogP contribution in [0.2, 0.25) is 0 Å². The summed E-state index contributed by atoms with van der Waals surface area (Å²) >= 11 is 0. The number of hydrogen-bond acceptors (Lipinski definition) is 1. The Labute approximate surface area is 184 Å². The Hall–Kier alpha value is -2.28. The van der Waals surface area contributed by atoms with Gasteiger partial charge in [0.05, 0.1) is 16.7 Å². The van der Waals surface area contributed by atoms with E-state index in [2.05, 4.69) is 0 Å². The number of benzene rings is 2. The van der Waals surface area contributed by atoms with Gasteiger partial charge in [0.1, 0.15) is 0 Å². The quantitative estimate of drug-likeness (QED) is 0.320. The zero-order valence-corrected chi connectivity index (χ0v) is 18.2. The first-order valence-electron chi connectivity index (χ1n) is 10.7. The van der Waals surface area contributed by atoms with E-state index in [0.717, 1.165) is 42.5 Å². The lowest BCUT2D eigenvalue weighted by molar-refractivity contribution is -0.144. The average molecular weight is 455 g/mol. The van der Waals surface area contributed by atoms with E-state index in [0.29, 0.717) is 19.3 Å². The van der Waals surface area contributed by atoms with Crippen LogP contribution >= 0.6 is 0 Å². The molecule has 1 aliphatic carbocycles. The van der Waals surface area contributed by atoms with Gasteiger partial charge in [-0.25, -0.2) is 0 Å². The van der Waals surface area contributed by atoms with Crippen LogP contribution < -0.4 is 0 Å². The minimum Gasteiger partial charge on any atom is -0.296 e. The molecule has 0 aromatic heterocycles. The van der Waals surface area contributed by atoms with Crippen LogP contribution in [-0.4, -0.2) is 19.0 Å². The fraction of sp³-hybridized carbons (Fsp3) is 0.440. The number of aryl methyl sites for hydroxylation is 1. The van der Waals surface area contributed by atoms with E-state index in [9.17, 15) is 26.3 Å². The van der Waals surface area contributed by atoms with Crippen LogP contribution in [0.4, 0.5) is 26.3 Å². The van der Waals surface area contributed by atoms with E-state index in [1.165, 1.54) is 0 Å². The summed E-state index contributed by atoms with van der Waals surface area (Å²) < 4.78 is 82.2. The van der Waals surface area contributed by atoms with E-state index in [-0.39, 0.29) is 11.6 Å². The third-order valence-corrected chi connectivity index (χ3v) is 6.30. The van der Waals surface area contributed by atoms with Gasteiger partial charge in [0, 0.05) is 0 Å². The minimum atomic E-state index is -4.92. The number of halogens is 6. The number of likely N-dealkylation sites (N-methyl/N-ethyl adjacent to an activating group) is 1. The van der Waals surface area contributed by atoms with Crippen molar-refractivity contribution in [2.24, 2.45) is 0 Å². The second kappa shape index (κ2) is 9.30. The molecular weight excluding hydrogens is 428 g/mol. The van der Waals surface area contributed by atoms with Gasteiger partial charge in [-0.1, -0.05) is 42.5 Å². The number of hydrogen-bond donors (Lipinski definition) is 0. The zero-order valence-electron chi connectivity index (χ0n) is 18.2. The molecule has 1 unspecified atom stereocenters. The number of alkyl halides is 6. The average Bonchev–Trinajstić information content (AvgIpc) is 2.74. The van der Waals surface area contributed by atoms with Gasteiger partial charge in [0.15, 0.2) is 0 Å². The van der Waals surface area contributed by atoms with Crippen LogP contribution in [0, 0.1) is 0 Å². The molecule has 7 heteroatoms. The van der Waals surface area contributed by atoms with E-state index in [1.54, 1.807) is 19.0 Å². The van der Waals surface area contributed by atoms with Gasteiger partial charge in [-0.3, -0.25) is 4.90 Å². The maximum absolute atomic E-state index is 14.1. The standard InChI is InChI=1S/C25H27F6N/c1-32(2)23(19-11-7-4-8-12-19,16-15-18-9-5-3-6-10-18)21-14-13-20(24(26,27)28)17-22(21)25(29,30)31/h3,5-6,9-11,13-14,17H,4,7-8,12,15-16H2,1-2H3. The molecule has 1 aliphatic rings. The lowest BCUT2D eigenvalue weighted by Crippen LogP contribution is -2.45. The highest BCUT2D eigenvalue weighted by Gasteiger charge is 2.46. The van der Waals surface area contributed by atoms with Crippen molar-refractivity contribution in [1.29, 1.82) is 0 Å². The molecule has 0 spiro atoms. The molecule has 174 valence electrons. The fourth-order valence-electron chi connectivity index (χ4n) is 4.72. The van der Waals surface area contributed by atoms with Gasteiger partial charge < -0.3 is 0 Å². The van der Waals surface area contributed by atoms with Crippen molar-refractivity contribution in [3.8, 4) is 0 Å². The SMILES string of the molecule is CN(C)C(CCc1ccccc1)(C1=CCCCC1)c1ccc(C(F)(F)F)cc1C(F)(F)F. The summed E-state index contributed by atoms with van der Waals surface area (Å²) in [5.41, 5.74) is -1.98. The summed E-state index contributed by atoms with van der Waals surface area (Å²) in [6, 6.07) is 11.5. The molecule has 1 atom stereocenters. The van der Waals surface area contributed by atoms with E-state index in [4.69, 9.17) is 0 Å². The molecule has 0 N–H and O–H groups in total. The third kappa shape index (κ3) is 5.03. The Kier molecular flexibility index (Phi) is 7.08. The van der Waals surface area contributed by atoms with Crippen molar-refractivity contribution in [1.82, 2.24) is 4.90 Å². The van der Waals surface area contributed by atoms with E-state index in [1.807, 2.05) is 36.4 Å². The molecule has 0 amide bonds. The third-order valence-electron chi connectivity index (χ3n) is 6.30. The smallest absolute Gasteiger partial charge is 0.296 e. The summed E-state index contributed by atoms with van der Waals surface area (Å²) in [6.45, 7) is 0. The van der Waals surface area contributed by atoms with Gasteiger partial charge in [-0.05, 0) is 81.5 Å². The van der Waals surface area contributed by atoms with E-state index < -0.39 is 29.0 Å². The van der Waals surface area contributed by atoms with Crippen molar-refractivity contribution in [3.63, 3.8) is 0 Å². The topological polar surface area (TPSA) is 3.24 Å². The molecule has 0 aliphatic heterocycles. The summed E-state index contributed by atoms with van der Waals surface area (Å²) in [4.78, 5) is 1.74. The highest BCUT2D eigenvalue weighted by molar-refractivity contribution is 5.46. The molecule has 0 heterocycles. The number of nitrogens with zero attached hydrogens (tertiary/aromatic N) is 1. The molecule has 3 rings (SSSR count). The van der Waals surface area contributed by atoms with Crippen molar-refractivity contribution >= 4 is 0 Å². The highest BCUT2D eigenvalue weighted by Crippen LogP contribution is 2.48. The number of rotatable bonds is 6. The first-order chi connectivity index (χ1) is 15.0. The Morgan fingerprint density at radius 3 is 2.03 bits per heavy atom. The second-order valence-electron chi connectivity index (χ2n) is 8.47. The molecule has 0 radical (unpaired) electrons. The van der Waals surface area contributed by atoms with Gasteiger partial charge in [0.2, 0.25) is 0 Å². The summed E-state index contributed by atoms with van der Waals surface area (Å²) in [7, 11) is 3.41. The largest absolute Gasteiger partial charge is 0.416 e. The monoisotopic (exact) mass is 455 g/mol. The molecule has 0 saturated carbocycles. The van der Waals surface area contributed by atoms with Crippen LogP contribution in [0.5, 0.6) is 0 Å². The van der Waals surface area contributed by atoms with Crippen LogP contribution in [-0.2, 0) is 24.3 Å². The summed E-state index contributed by atoms with van der Waals surface area (Å²) in [5.74, 6) is 0. The van der Waals surface area contributed by atoms with Gasteiger partial charge in [-0.2, -0.15) is 26.3 Å². The minimum absolute atomic E-state index is 0.118. The van der Waals surface area contributed by atoms with Crippen LogP contribution in [0.1, 0.15) is 54.4 Å². The first-order valence-corrected chi connectivity index (χ1v) is 10.7. The highest BCUT2D eigenvalue weighted by atomic mass is 19.4. The summed E-state index contributed by atoms with van der Waals surface area (Å²) in [5, 5.41) is 0.